The first kappa shape index (κ1) is 17.3. The van der Waals surface area contributed by atoms with Gasteiger partial charge in [-0.25, -0.2) is 4.39 Å². The van der Waals surface area contributed by atoms with E-state index >= 15 is 0 Å². The van der Waals surface area contributed by atoms with E-state index in [0.717, 1.165) is 10.9 Å². The SMILES string of the molecule is O=C(c1ccc(Cl)cc1)c1oc2ccccc2c1NCc1ccc(F)cc1. The van der Waals surface area contributed by atoms with Crippen molar-refractivity contribution in [2.75, 3.05) is 5.32 Å². The zero-order valence-electron chi connectivity index (χ0n) is 14.2. The highest BCUT2D eigenvalue weighted by molar-refractivity contribution is 6.30. The van der Waals surface area contributed by atoms with Crippen molar-refractivity contribution >= 4 is 34.0 Å². The van der Waals surface area contributed by atoms with Crippen LogP contribution in [0.3, 0.4) is 0 Å². The lowest BCUT2D eigenvalue weighted by atomic mass is 10.1. The molecule has 1 heterocycles. The van der Waals surface area contributed by atoms with Crippen molar-refractivity contribution < 1.29 is 13.6 Å². The van der Waals surface area contributed by atoms with Crippen LogP contribution in [0.4, 0.5) is 10.1 Å². The number of carbonyl (C=O) groups excluding carboxylic acids is 1. The molecule has 0 aliphatic rings. The Hall–Kier alpha value is -3.11. The molecule has 0 amide bonds. The number of rotatable bonds is 5. The monoisotopic (exact) mass is 379 g/mol. The molecule has 0 saturated heterocycles. The molecule has 0 spiro atoms. The van der Waals surface area contributed by atoms with E-state index < -0.39 is 0 Å². The maximum absolute atomic E-state index is 13.1. The summed E-state index contributed by atoms with van der Waals surface area (Å²) in [5.41, 5.74) is 2.63. The van der Waals surface area contributed by atoms with E-state index in [4.69, 9.17) is 16.0 Å². The van der Waals surface area contributed by atoms with E-state index in [9.17, 15) is 9.18 Å². The molecule has 0 aliphatic carbocycles. The van der Waals surface area contributed by atoms with Gasteiger partial charge in [0.25, 0.3) is 0 Å². The predicted octanol–water partition coefficient (Wildman–Crippen LogP) is 6.07. The Balaban J connectivity index is 1.71. The highest BCUT2D eigenvalue weighted by Crippen LogP contribution is 2.33. The van der Waals surface area contributed by atoms with Crippen molar-refractivity contribution in [2.45, 2.75) is 6.54 Å². The summed E-state index contributed by atoms with van der Waals surface area (Å²) in [6.45, 7) is 0.435. The summed E-state index contributed by atoms with van der Waals surface area (Å²) in [4.78, 5) is 13.0. The molecule has 0 bridgehead atoms. The van der Waals surface area contributed by atoms with Crippen molar-refractivity contribution in [1.82, 2.24) is 0 Å². The minimum Gasteiger partial charge on any atom is -0.450 e. The first-order valence-electron chi connectivity index (χ1n) is 8.42. The molecule has 1 N–H and O–H groups in total. The van der Waals surface area contributed by atoms with Gasteiger partial charge in [0.2, 0.25) is 5.78 Å². The number of fused-ring (bicyclic) bond motifs is 1. The van der Waals surface area contributed by atoms with Gasteiger partial charge in [-0.3, -0.25) is 4.79 Å². The molecule has 0 aliphatic heterocycles. The van der Waals surface area contributed by atoms with Crippen LogP contribution in [-0.4, -0.2) is 5.78 Å². The number of halogens is 2. The number of nitrogens with one attached hydrogen (secondary N) is 1. The molecule has 3 aromatic carbocycles. The van der Waals surface area contributed by atoms with Gasteiger partial charge in [-0.15, -0.1) is 0 Å². The smallest absolute Gasteiger partial charge is 0.230 e. The van der Waals surface area contributed by atoms with Crippen molar-refractivity contribution in [3.8, 4) is 0 Å². The molecule has 27 heavy (non-hydrogen) atoms. The molecule has 0 radical (unpaired) electrons. The van der Waals surface area contributed by atoms with E-state index in [1.165, 1.54) is 12.1 Å². The van der Waals surface area contributed by atoms with Gasteiger partial charge >= 0.3 is 0 Å². The molecular formula is C22H15ClFNO2. The molecule has 0 fully saturated rings. The summed E-state index contributed by atoms with van der Waals surface area (Å²) in [7, 11) is 0. The zero-order chi connectivity index (χ0) is 18.8. The maximum atomic E-state index is 13.1. The Morgan fingerprint density at radius 3 is 2.41 bits per heavy atom. The number of hydrogen-bond acceptors (Lipinski definition) is 3. The number of para-hydroxylation sites is 1. The number of anilines is 1. The van der Waals surface area contributed by atoms with Crippen LogP contribution < -0.4 is 5.32 Å². The molecule has 0 atom stereocenters. The second kappa shape index (κ2) is 7.25. The van der Waals surface area contributed by atoms with Crippen LogP contribution in [-0.2, 0) is 6.54 Å². The van der Waals surface area contributed by atoms with Crippen molar-refractivity contribution in [3.05, 3.63) is 101 Å². The number of furan rings is 1. The average molecular weight is 380 g/mol. The van der Waals surface area contributed by atoms with Crippen molar-refractivity contribution in [3.63, 3.8) is 0 Å². The summed E-state index contributed by atoms with van der Waals surface area (Å²) in [6.07, 6.45) is 0. The fourth-order valence-electron chi connectivity index (χ4n) is 2.91. The van der Waals surface area contributed by atoms with Crippen LogP contribution in [0.2, 0.25) is 5.02 Å². The van der Waals surface area contributed by atoms with Crippen molar-refractivity contribution in [2.24, 2.45) is 0 Å². The minimum atomic E-state index is -0.286. The van der Waals surface area contributed by atoms with Gasteiger partial charge in [-0.2, -0.15) is 0 Å². The van der Waals surface area contributed by atoms with Crippen LogP contribution in [0.5, 0.6) is 0 Å². The van der Waals surface area contributed by atoms with Gasteiger partial charge < -0.3 is 9.73 Å². The summed E-state index contributed by atoms with van der Waals surface area (Å²) in [6, 6.07) is 20.3. The number of hydrogen-bond donors (Lipinski definition) is 1. The quantitative estimate of drug-likeness (QED) is 0.428. The third-order valence-corrected chi connectivity index (χ3v) is 4.54. The molecule has 1 aromatic heterocycles. The highest BCUT2D eigenvalue weighted by atomic mass is 35.5. The van der Waals surface area contributed by atoms with Gasteiger partial charge in [0.05, 0.1) is 5.69 Å². The predicted molar refractivity (Wildman–Crippen MR) is 105 cm³/mol. The minimum absolute atomic E-state index is 0.232. The highest BCUT2D eigenvalue weighted by Gasteiger charge is 2.21. The van der Waals surface area contributed by atoms with Crippen molar-refractivity contribution in [1.29, 1.82) is 0 Å². The van der Waals surface area contributed by atoms with Gasteiger partial charge in [-0.05, 0) is 54.1 Å². The lowest BCUT2D eigenvalue weighted by molar-refractivity contribution is 0.101. The van der Waals surface area contributed by atoms with Crippen LogP contribution in [0.1, 0.15) is 21.7 Å². The molecule has 0 unspecified atom stereocenters. The van der Waals surface area contributed by atoms with Crippen LogP contribution in [0, 0.1) is 5.82 Å². The zero-order valence-corrected chi connectivity index (χ0v) is 15.0. The normalized spacial score (nSPS) is 10.9. The third kappa shape index (κ3) is 3.57. The molecule has 4 aromatic rings. The lowest BCUT2D eigenvalue weighted by Gasteiger charge is -2.07. The van der Waals surface area contributed by atoms with Gasteiger partial charge in [-0.1, -0.05) is 35.9 Å². The first-order chi connectivity index (χ1) is 13.1. The summed E-state index contributed by atoms with van der Waals surface area (Å²) in [5.74, 6) is -0.281. The maximum Gasteiger partial charge on any atom is 0.230 e. The molecule has 0 saturated carbocycles. The van der Waals surface area contributed by atoms with Gasteiger partial charge in [0.1, 0.15) is 11.4 Å². The number of benzene rings is 3. The van der Waals surface area contributed by atoms with Crippen LogP contribution in [0.25, 0.3) is 11.0 Å². The molecule has 3 nitrogen and oxygen atoms in total. The van der Waals surface area contributed by atoms with Gasteiger partial charge in [0.15, 0.2) is 5.76 Å². The standard InChI is InChI=1S/C22H15ClFNO2/c23-16-9-7-15(8-10-16)21(26)22-20(18-3-1-2-4-19(18)27-22)25-13-14-5-11-17(24)12-6-14/h1-12,25H,13H2. The average Bonchev–Trinajstić information content (AvgIpc) is 3.06. The molecule has 4 rings (SSSR count). The topological polar surface area (TPSA) is 42.2 Å². The second-order valence-electron chi connectivity index (χ2n) is 6.12. The summed E-state index contributed by atoms with van der Waals surface area (Å²) in [5, 5.41) is 4.65. The molecule has 134 valence electrons. The Bertz CT molecular complexity index is 1100. The van der Waals surface area contributed by atoms with Gasteiger partial charge in [0, 0.05) is 22.5 Å². The van der Waals surface area contributed by atoms with E-state index in [1.807, 2.05) is 24.3 Å². The van der Waals surface area contributed by atoms with E-state index in [-0.39, 0.29) is 17.4 Å². The lowest BCUT2D eigenvalue weighted by Crippen LogP contribution is -2.06. The summed E-state index contributed by atoms with van der Waals surface area (Å²) < 4.78 is 19.0. The fraction of sp³-hybridized carbons (Fsp3) is 0.0455. The largest absolute Gasteiger partial charge is 0.450 e. The number of carbonyl (C=O) groups is 1. The van der Waals surface area contributed by atoms with Crippen LogP contribution >= 0.6 is 11.6 Å². The molecule has 5 heteroatoms. The van der Waals surface area contributed by atoms with E-state index in [1.54, 1.807) is 36.4 Å². The van der Waals surface area contributed by atoms with Crippen LogP contribution in [0.15, 0.2) is 77.2 Å². The Morgan fingerprint density at radius 1 is 0.963 bits per heavy atom. The molecular weight excluding hydrogens is 365 g/mol. The Labute approximate surface area is 160 Å². The van der Waals surface area contributed by atoms with E-state index in [2.05, 4.69) is 5.32 Å². The second-order valence-corrected chi connectivity index (χ2v) is 6.55. The Kier molecular flexibility index (Phi) is 4.65. The third-order valence-electron chi connectivity index (χ3n) is 4.29. The Morgan fingerprint density at radius 2 is 1.67 bits per heavy atom. The fourth-order valence-corrected chi connectivity index (χ4v) is 3.03. The first-order valence-corrected chi connectivity index (χ1v) is 8.80. The van der Waals surface area contributed by atoms with E-state index in [0.29, 0.717) is 28.4 Å². The summed E-state index contributed by atoms with van der Waals surface area (Å²) >= 11 is 5.91. The number of ketones is 1.